The van der Waals surface area contributed by atoms with E-state index in [-0.39, 0.29) is 11.9 Å². The first-order valence-corrected chi connectivity index (χ1v) is 11.9. The summed E-state index contributed by atoms with van der Waals surface area (Å²) in [6.07, 6.45) is -0.494. The van der Waals surface area contributed by atoms with Crippen molar-refractivity contribution in [2.45, 2.75) is 76.2 Å². The molecule has 0 aliphatic carbocycles. The van der Waals surface area contributed by atoms with E-state index < -0.39 is 44.5 Å². The van der Waals surface area contributed by atoms with Crippen LogP contribution in [-0.2, 0) is 13.8 Å². The normalized spacial score (nSPS) is 27.0. The van der Waals surface area contributed by atoms with Crippen molar-refractivity contribution in [3.8, 4) is 0 Å². The summed E-state index contributed by atoms with van der Waals surface area (Å²) in [6.45, 7) is 4.70. The number of hydrogen-bond acceptors (Lipinski definition) is 10. The van der Waals surface area contributed by atoms with Crippen LogP contribution in [0, 0.1) is 0 Å². The van der Waals surface area contributed by atoms with Gasteiger partial charge in [0, 0.05) is 6.04 Å². The Labute approximate surface area is 185 Å². The number of rotatable bonds is 10. The summed E-state index contributed by atoms with van der Waals surface area (Å²) in [6, 6.07) is -0.344. The minimum absolute atomic E-state index is 0.158. The van der Waals surface area contributed by atoms with Gasteiger partial charge in [0.25, 0.3) is 0 Å². The molecule has 0 radical (unpaired) electrons. The summed E-state index contributed by atoms with van der Waals surface area (Å²) in [5, 5.41) is 33.1. The number of aromatic nitrogens is 4. The van der Waals surface area contributed by atoms with Crippen molar-refractivity contribution in [2.75, 3.05) is 12.3 Å². The Morgan fingerprint density at radius 1 is 1.34 bits per heavy atom. The van der Waals surface area contributed by atoms with Crippen molar-refractivity contribution < 1.29 is 34.0 Å². The summed E-state index contributed by atoms with van der Waals surface area (Å²) < 4.78 is 24.6. The molecule has 14 heteroatoms. The first kappa shape index (κ1) is 24.9. The maximum atomic E-state index is 12.4. The Bertz CT molecular complexity index is 967. The van der Waals surface area contributed by atoms with E-state index in [0.29, 0.717) is 30.4 Å². The van der Waals surface area contributed by atoms with Crippen molar-refractivity contribution >= 4 is 24.7 Å². The second kappa shape index (κ2) is 9.65. The van der Waals surface area contributed by atoms with E-state index in [1.807, 2.05) is 0 Å². The maximum Gasteiger partial charge on any atom is 0.403 e. The highest BCUT2D eigenvalue weighted by Gasteiger charge is 2.45. The molecule has 0 spiro atoms. The topological polar surface area (TPSA) is 198 Å². The molecule has 6 atom stereocenters. The molecule has 180 valence electrons. The van der Waals surface area contributed by atoms with Crippen molar-refractivity contribution in [1.29, 1.82) is 0 Å². The first-order valence-electron chi connectivity index (χ1n) is 10.3. The minimum atomic E-state index is -4.20. The van der Waals surface area contributed by atoms with E-state index in [4.69, 9.17) is 15.0 Å². The van der Waals surface area contributed by atoms with Crippen LogP contribution in [0.15, 0.2) is 12.7 Å². The minimum Gasteiger partial charge on any atom is -0.390 e. The molecule has 13 nitrogen and oxygen atoms in total. The monoisotopic (exact) mass is 474 g/mol. The van der Waals surface area contributed by atoms with Crippen molar-refractivity contribution in [3.05, 3.63) is 12.7 Å². The Morgan fingerprint density at radius 3 is 2.75 bits per heavy atom. The predicted octanol–water partition coefficient (Wildman–Crippen LogP) is 0.0640. The zero-order chi connectivity index (χ0) is 23.7. The average molecular weight is 474 g/mol. The fourth-order valence-electron chi connectivity index (χ4n) is 3.55. The fraction of sp³-hybridized carbons (Fsp3) is 0.722. The summed E-state index contributed by atoms with van der Waals surface area (Å²) in [7, 11) is -4.20. The maximum absolute atomic E-state index is 12.4. The zero-order valence-electron chi connectivity index (χ0n) is 18.2. The standard InChI is InChI=1S/C18H31N6O7P/c1-10(5-4-6-18(2,3)27)23-32(28,29)30-7-11-13(25)14(26)17(31-11)24-9-22-12-15(19)20-8-21-16(12)24/h8-11,13-14,17,25-27H,4-7H2,1-3H3,(H2,19,20,21)(H2,23,28,29)/t10-,11-,13-,14-,17-/m1/s1. The summed E-state index contributed by atoms with van der Waals surface area (Å²) in [5.41, 5.74) is 5.60. The molecule has 1 unspecified atom stereocenters. The molecule has 1 saturated heterocycles. The highest BCUT2D eigenvalue weighted by atomic mass is 31.2. The number of nitrogens with one attached hydrogen (secondary N) is 1. The van der Waals surface area contributed by atoms with Crippen LogP contribution < -0.4 is 10.8 Å². The molecule has 0 aromatic carbocycles. The molecule has 1 fully saturated rings. The molecule has 1 aliphatic rings. The smallest absolute Gasteiger partial charge is 0.390 e. The van der Waals surface area contributed by atoms with Gasteiger partial charge >= 0.3 is 7.75 Å². The van der Waals surface area contributed by atoms with Crippen LogP contribution in [0.3, 0.4) is 0 Å². The predicted molar refractivity (Wildman–Crippen MR) is 114 cm³/mol. The third-order valence-corrected chi connectivity index (χ3v) is 6.49. The van der Waals surface area contributed by atoms with Gasteiger partial charge in [0.2, 0.25) is 0 Å². The first-order chi connectivity index (χ1) is 14.9. The van der Waals surface area contributed by atoms with Gasteiger partial charge < -0.3 is 30.7 Å². The molecular formula is C18H31N6O7P. The summed E-state index contributed by atoms with van der Waals surface area (Å²) in [4.78, 5) is 22.1. The third kappa shape index (κ3) is 6.00. The number of anilines is 1. The lowest BCUT2D eigenvalue weighted by Crippen LogP contribution is -2.34. The lowest BCUT2D eigenvalue weighted by atomic mass is 10.00. The van der Waals surface area contributed by atoms with Crippen LogP contribution >= 0.6 is 7.75 Å². The molecule has 0 bridgehead atoms. The number of ether oxygens (including phenoxy) is 1. The fourth-order valence-corrected chi connectivity index (χ4v) is 4.66. The number of nitrogen functional groups attached to an aromatic ring is 1. The third-order valence-electron chi connectivity index (χ3n) is 5.22. The van der Waals surface area contributed by atoms with Crippen LogP contribution in [0.25, 0.3) is 11.2 Å². The van der Waals surface area contributed by atoms with Crippen molar-refractivity contribution in [3.63, 3.8) is 0 Å². The number of hydrogen-bond donors (Lipinski definition) is 6. The van der Waals surface area contributed by atoms with Gasteiger partial charge in [-0.2, -0.15) is 0 Å². The molecule has 2 aromatic rings. The van der Waals surface area contributed by atoms with Crippen LogP contribution in [0.4, 0.5) is 5.82 Å². The number of nitrogens with two attached hydrogens (primary N) is 1. The molecule has 1 aliphatic heterocycles. The van der Waals surface area contributed by atoms with Gasteiger partial charge in [0.05, 0.1) is 18.5 Å². The van der Waals surface area contributed by atoms with E-state index in [2.05, 4.69) is 20.0 Å². The molecule has 0 amide bonds. The Morgan fingerprint density at radius 2 is 2.06 bits per heavy atom. The van der Waals surface area contributed by atoms with Crippen LogP contribution in [-0.4, -0.2) is 76.3 Å². The molecule has 3 heterocycles. The lowest BCUT2D eigenvalue weighted by molar-refractivity contribution is -0.0488. The van der Waals surface area contributed by atoms with Gasteiger partial charge in [-0.05, 0) is 40.0 Å². The molecule has 32 heavy (non-hydrogen) atoms. The number of fused-ring (bicyclic) bond motifs is 1. The summed E-state index contributed by atoms with van der Waals surface area (Å²) >= 11 is 0. The highest BCUT2D eigenvalue weighted by molar-refractivity contribution is 7.50. The molecule has 0 saturated carbocycles. The largest absolute Gasteiger partial charge is 0.403 e. The van der Waals surface area contributed by atoms with Crippen molar-refractivity contribution in [2.24, 2.45) is 0 Å². The SMILES string of the molecule is C[C@H](CCCC(C)(C)O)NP(=O)(O)OC[C@H]1O[C@@H](n2cnc3c(N)ncnc32)[C@H](O)[C@@H]1O. The number of imidazole rings is 1. The van der Waals surface area contributed by atoms with E-state index >= 15 is 0 Å². The second-order valence-electron chi connectivity index (χ2n) is 8.68. The van der Waals surface area contributed by atoms with E-state index in [0.717, 1.165) is 0 Å². The molecule has 3 rings (SSSR count). The van der Waals surface area contributed by atoms with Gasteiger partial charge in [-0.15, -0.1) is 0 Å². The Balaban J connectivity index is 1.57. The number of aliphatic hydroxyl groups excluding tert-OH is 2. The van der Waals surface area contributed by atoms with Crippen molar-refractivity contribution in [1.82, 2.24) is 24.6 Å². The van der Waals surface area contributed by atoms with Gasteiger partial charge in [-0.25, -0.2) is 24.6 Å². The quantitative estimate of drug-likeness (QED) is 0.254. The van der Waals surface area contributed by atoms with Gasteiger partial charge in [-0.1, -0.05) is 0 Å². The van der Waals surface area contributed by atoms with Gasteiger partial charge in [0.15, 0.2) is 17.7 Å². The average Bonchev–Trinajstić information content (AvgIpc) is 3.22. The Kier molecular flexibility index (Phi) is 7.52. The lowest BCUT2D eigenvalue weighted by Gasteiger charge is -2.22. The summed E-state index contributed by atoms with van der Waals surface area (Å²) in [5.74, 6) is 0.158. The highest BCUT2D eigenvalue weighted by Crippen LogP contribution is 2.40. The second-order valence-corrected chi connectivity index (χ2v) is 10.2. The van der Waals surface area contributed by atoms with Gasteiger partial charge in [-0.3, -0.25) is 9.09 Å². The molecule has 7 N–H and O–H groups in total. The van der Waals surface area contributed by atoms with E-state index in [9.17, 15) is 24.8 Å². The molecular weight excluding hydrogens is 443 g/mol. The van der Waals surface area contributed by atoms with Crippen LogP contribution in [0.1, 0.15) is 46.3 Å². The molecule has 2 aromatic heterocycles. The zero-order valence-corrected chi connectivity index (χ0v) is 19.1. The number of nitrogens with zero attached hydrogens (tertiary/aromatic N) is 4. The van der Waals surface area contributed by atoms with Crippen LogP contribution in [0.5, 0.6) is 0 Å². The van der Waals surface area contributed by atoms with E-state index in [1.54, 1.807) is 20.8 Å². The van der Waals surface area contributed by atoms with Gasteiger partial charge in [0.1, 0.15) is 30.2 Å². The number of aliphatic hydroxyl groups is 3. The Hall–Kier alpha value is -1.70. The van der Waals surface area contributed by atoms with E-state index in [1.165, 1.54) is 17.2 Å². The van der Waals surface area contributed by atoms with Crippen LogP contribution in [0.2, 0.25) is 0 Å².